The Morgan fingerprint density at radius 1 is 1.00 bits per heavy atom. The van der Waals surface area contributed by atoms with Crippen LogP contribution in [-0.2, 0) is 9.59 Å². The molecule has 0 fully saturated rings. The van der Waals surface area contributed by atoms with Crippen molar-refractivity contribution in [1.29, 1.82) is 0 Å². The van der Waals surface area contributed by atoms with Crippen molar-refractivity contribution < 1.29 is 14.4 Å². The normalized spacial score (nSPS) is 11.5. The number of carbonyl (C=O) groups excluding carboxylic acids is 3. The second-order valence-corrected chi connectivity index (χ2v) is 5.21. The number of Topliss-reactive ketones (excluding diaryl/α,β-unsaturated/α-hetero) is 1. The molecule has 4 nitrogen and oxygen atoms in total. The summed E-state index contributed by atoms with van der Waals surface area (Å²) in [5.74, 6) is -2.46. The van der Waals surface area contributed by atoms with Crippen LogP contribution in [0.25, 0.3) is 0 Å². The lowest BCUT2D eigenvalue weighted by Crippen LogP contribution is -2.31. The van der Waals surface area contributed by atoms with Crippen molar-refractivity contribution in [2.24, 2.45) is 5.92 Å². The molecule has 2 aromatic rings. The summed E-state index contributed by atoms with van der Waals surface area (Å²) in [4.78, 5) is 35.7. The Morgan fingerprint density at radius 2 is 1.59 bits per heavy atom. The molecule has 1 unspecified atom stereocenters. The van der Waals surface area contributed by atoms with Gasteiger partial charge in [-0.1, -0.05) is 36.4 Å². The van der Waals surface area contributed by atoms with E-state index < -0.39 is 17.6 Å². The number of aryl methyl sites for hydroxylation is 2. The van der Waals surface area contributed by atoms with Crippen LogP contribution in [0.5, 0.6) is 0 Å². The predicted octanol–water partition coefficient (Wildman–Crippen LogP) is 2.94. The molecular formula is C18H17NO3. The van der Waals surface area contributed by atoms with Crippen molar-refractivity contribution >= 4 is 23.7 Å². The first kappa shape index (κ1) is 15.6. The molecule has 0 aromatic heterocycles. The summed E-state index contributed by atoms with van der Waals surface area (Å²) < 4.78 is 0. The summed E-state index contributed by atoms with van der Waals surface area (Å²) in [5.41, 5.74) is 2.91. The molecule has 0 radical (unpaired) electrons. The number of hydrogen-bond acceptors (Lipinski definition) is 3. The monoisotopic (exact) mass is 295 g/mol. The molecule has 22 heavy (non-hydrogen) atoms. The summed E-state index contributed by atoms with van der Waals surface area (Å²) >= 11 is 0. The largest absolute Gasteiger partial charge is 0.325 e. The molecule has 0 heterocycles. The van der Waals surface area contributed by atoms with Gasteiger partial charge in [0.2, 0.25) is 5.91 Å². The molecule has 1 atom stereocenters. The molecule has 0 saturated heterocycles. The van der Waals surface area contributed by atoms with Gasteiger partial charge in [0.05, 0.1) is 0 Å². The number of ketones is 1. The fourth-order valence-corrected chi connectivity index (χ4v) is 2.29. The number of hydrogen-bond donors (Lipinski definition) is 1. The minimum atomic E-state index is -1.34. The number of benzene rings is 2. The lowest BCUT2D eigenvalue weighted by Gasteiger charge is -2.11. The smallest absolute Gasteiger partial charge is 0.242 e. The van der Waals surface area contributed by atoms with Gasteiger partial charge in [0.15, 0.2) is 11.7 Å². The zero-order valence-corrected chi connectivity index (χ0v) is 12.5. The Morgan fingerprint density at radius 3 is 2.14 bits per heavy atom. The van der Waals surface area contributed by atoms with E-state index in [0.717, 1.165) is 11.1 Å². The molecule has 0 aliphatic carbocycles. The standard InChI is InChI=1S/C18H17NO3/c1-12-8-13(2)10-15(9-12)19-18(22)16(11-20)17(21)14-6-4-3-5-7-14/h3-11,16H,1-2H3,(H,19,22). The van der Waals surface area contributed by atoms with Crippen molar-refractivity contribution in [3.05, 3.63) is 65.2 Å². The van der Waals surface area contributed by atoms with Crippen molar-refractivity contribution in [3.8, 4) is 0 Å². The molecule has 4 heteroatoms. The van der Waals surface area contributed by atoms with Gasteiger partial charge in [-0.25, -0.2) is 0 Å². The van der Waals surface area contributed by atoms with Crippen LogP contribution in [0.2, 0.25) is 0 Å². The molecule has 112 valence electrons. The first-order chi connectivity index (χ1) is 10.5. The summed E-state index contributed by atoms with van der Waals surface area (Å²) in [6, 6.07) is 13.9. The third-order valence-corrected chi connectivity index (χ3v) is 3.25. The van der Waals surface area contributed by atoms with Crippen molar-refractivity contribution in [3.63, 3.8) is 0 Å². The van der Waals surface area contributed by atoms with E-state index >= 15 is 0 Å². The van der Waals surface area contributed by atoms with Crippen LogP contribution in [0.4, 0.5) is 5.69 Å². The lowest BCUT2D eigenvalue weighted by molar-refractivity contribution is -0.123. The minimum Gasteiger partial charge on any atom is -0.325 e. The van der Waals surface area contributed by atoms with Gasteiger partial charge in [-0.3, -0.25) is 9.59 Å². The third-order valence-electron chi connectivity index (χ3n) is 3.25. The van der Waals surface area contributed by atoms with Crippen LogP contribution < -0.4 is 5.32 Å². The van der Waals surface area contributed by atoms with E-state index in [-0.39, 0.29) is 0 Å². The van der Waals surface area contributed by atoms with Gasteiger partial charge in [-0.15, -0.1) is 0 Å². The molecule has 0 bridgehead atoms. The maximum absolute atomic E-state index is 12.2. The fraction of sp³-hybridized carbons (Fsp3) is 0.167. The SMILES string of the molecule is Cc1cc(C)cc(NC(=O)C(C=O)C(=O)c2ccccc2)c1. The second-order valence-electron chi connectivity index (χ2n) is 5.21. The van der Waals surface area contributed by atoms with Gasteiger partial charge in [-0.2, -0.15) is 0 Å². The minimum absolute atomic E-state index is 0.343. The predicted molar refractivity (Wildman–Crippen MR) is 84.9 cm³/mol. The van der Waals surface area contributed by atoms with Crippen molar-refractivity contribution in [2.75, 3.05) is 5.32 Å². The van der Waals surface area contributed by atoms with Crippen LogP contribution >= 0.6 is 0 Å². The first-order valence-corrected chi connectivity index (χ1v) is 6.95. The van der Waals surface area contributed by atoms with Gasteiger partial charge in [0, 0.05) is 11.3 Å². The quantitative estimate of drug-likeness (QED) is 0.524. The highest BCUT2D eigenvalue weighted by Gasteiger charge is 2.27. The Labute approximate surface area is 129 Å². The summed E-state index contributed by atoms with van der Waals surface area (Å²) in [5, 5.41) is 2.63. The van der Waals surface area contributed by atoms with Crippen LogP contribution in [0.1, 0.15) is 21.5 Å². The Kier molecular flexibility index (Phi) is 4.84. The molecule has 0 spiro atoms. The number of amides is 1. The van der Waals surface area contributed by atoms with Gasteiger partial charge < -0.3 is 10.1 Å². The highest BCUT2D eigenvalue weighted by molar-refractivity contribution is 6.21. The highest BCUT2D eigenvalue weighted by Crippen LogP contribution is 2.16. The molecule has 1 N–H and O–H groups in total. The van der Waals surface area contributed by atoms with Crippen LogP contribution in [0.15, 0.2) is 48.5 Å². The number of aldehydes is 1. The van der Waals surface area contributed by atoms with E-state index in [1.807, 2.05) is 19.9 Å². The zero-order valence-electron chi connectivity index (χ0n) is 12.5. The van der Waals surface area contributed by atoms with Crippen molar-refractivity contribution in [1.82, 2.24) is 0 Å². The van der Waals surface area contributed by atoms with Gasteiger partial charge in [0.1, 0.15) is 6.29 Å². The van der Waals surface area contributed by atoms with E-state index in [2.05, 4.69) is 5.32 Å². The third kappa shape index (κ3) is 3.67. The Balaban J connectivity index is 2.19. The maximum Gasteiger partial charge on any atom is 0.242 e. The van der Waals surface area contributed by atoms with Gasteiger partial charge >= 0.3 is 0 Å². The van der Waals surface area contributed by atoms with Crippen LogP contribution in [0, 0.1) is 19.8 Å². The number of carbonyl (C=O) groups is 3. The number of rotatable bonds is 5. The molecule has 0 aliphatic heterocycles. The molecule has 0 saturated carbocycles. The molecule has 2 rings (SSSR count). The topological polar surface area (TPSA) is 63.2 Å². The van der Waals surface area contributed by atoms with Crippen LogP contribution in [-0.4, -0.2) is 18.0 Å². The van der Waals surface area contributed by atoms with E-state index in [4.69, 9.17) is 0 Å². The summed E-state index contributed by atoms with van der Waals surface area (Å²) in [6.07, 6.45) is 0.382. The van der Waals surface area contributed by atoms with E-state index in [1.165, 1.54) is 0 Å². The average Bonchev–Trinajstić information content (AvgIpc) is 2.47. The molecule has 2 aromatic carbocycles. The van der Waals surface area contributed by atoms with Gasteiger partial charge in [0.25, 0.3) is 0 Å². The lowest BCUT2D eigenvalue weighted by atomic mass is 9.98. The summed E-state index contributed by atoms with van der Waals surface area (Å²) in [7, 11) is 0. The Hall–Kier alpha value is -2.75. The molecule has 0 aliphatic rings. The molecule has 1 amide bonds. The highest BCUT2D eigenvalue weighted by atomic mass is 16.2. The fourth-order valence-electron chi connectivity index (χ4n) is 2.29. The van der Waals surface area contributed by atoms with E-state index in [9.17, 15) is 14.4 Å². The van der Waals surface area contributed by atoms with E-state index in [1.54, 1.807) is 42.5 Å². The van der Waals surface area contributed by atoms with Gasteiger partial charge in [-0.05, 0) is 37.1 Å². The van der Waals surface area contributed by atoms with E-state index in [0.29, 0.717) is 17.5 Å². The summed E-state index contributed by atoms with van der Waals surface area (Å²) in [6.45, 7) is 3.82. The average molecular weight is 295 g/mol. The second kappa shape index (κ2) is 6.80. The van der Waals surface area contributed by atoms with Crippen molar-refractivity contribution in [2.45, 2.75) is 13.8 Å². The number of anilines is 1. The van der Waals surface area contributed by atoms with Crippen LogP contribution in [0.3, 0.4) is 0 Å². The zero-order chi connectivity index (χ0) is 16.1. The molecular weight excluding hydrogens is 278 g/mol. The first-order valence-electron chi connectivity index (χ1n) is 6.95. The maximum atomic E-state index is 12.2. The Bertz CT molecular complexity index is 687. The number of nitrogens with one attached hydrogen (secondary N) is 1.